The molecule has 1 saturated heterocycles. The topological polar surface area (TPSA) is 409 Å². The number of fused-ring (bicyclic) bond motifs is 5. The van der Waals surface area contributed by atoms with Crippen LogP contribution >= 0.6 is 23.5 Å². The smallest absolute Gasteiger partial charge is 0.490 e. The minimum absolute atomic E-state index is 0.0224. The maximum Gasteiger partial charge on any atom is 0.490 e. The summed E-state index contributed by atoms with van der Waals surface area (Å²) < 4.78 is 76.7. The maximum atomic E-state index is 14.3. The molecular formula is C60H66N8O21P3+. The summed E-state index contributed by atoms with van der Waals surface area (Å²) in [6.45, 7) is 7.48. The molecule has 4 aromatic carbocycles. The van der Waals surface area contributed by atoms with Gasteiger partial charge >= 0.3 is 29.4 Å². The second-order valence-electron chi connectivity index (χ2n) is 24.4. The van der Waals surface area contributed by atoms with Crippen LogP contribution in [-0.4, -0.2) is 120 Å². The molecule has 0 saturated carbocycles. The number of carboxylic acid groups (broad SMARTS) is 1. The first-order valence-corrected chi connectivity index (χ1v) is 34.2. The van der Waals surface area contributed by atoms with Gasteiger partial charge in [-0.1, -0.05) is 32.6 Å². The molecule has 12 rings (SSSR count). The van der Waals surface area contributed by atoms with Crippen LogP contribution in [-0.2, 0) is 68.6 Å². The van der Waals surface area contributed by atoms with E-state index in [9.17, 15) is 58.2 Å². The van der Waals surface area contributed by atoms with Crippen molar-refractivity contribution in [1.82, 2.24) is 24.4 Å². The molecule has 92 heavy (non-hydrogen) atoms. The number of benzene rings is 4. The quantitative estimate of drug-likeness (QED) is 0.0170. The molecule has 0 spiro atoms. The van der Waals surface area contributed by atoms with E-state index in [1.54, 1.807) is 26.8 Å². The van der Waals surface area contributed by atoms with Crippen LogP contribution in [0.15, 0.2) is 53.5 Å². The molecule has 32 heteroatoms. The number of nitrogens with one attached hydrogen (secondary N) is 2. The van der Waals surface area contributed by atoms with Gasteiger partial charge in [0.25, 0.3) is 17.2 Å². The van der Waals surface area contributed by atoms with E-state index in [2.05, 4.69) is 61.9 Å². The average molecular weight is 1330 g/mol. The largest absolute Gasteiger partial charge is 0.495 e. The number of rotatable bonds is 18. The van der Waals surface area contributed by atoms with Gasteiger partial charge in [-0.3, -0.25) is 29.2 Å². The first-order valence-electron chi connectivity index (χ1n) is 29.6. The third-order valence-electron chi connectivity index (χ3n) is 17.2. The number of anilines is 2. The monoisotopic (exact) mass is 1330 g/mol. The summed E-state index contributed by atoms with van der Waals surface area (Å²) in [6.07, 6.45) is 3.12. The Balaban J connectivity index is 0.807. The van der Waals surface area contributed by atoms with E-state index in [0.717, 1.165) is 111 Å². The Morgan fingerprint density at radius 3 is 2.40 bits per heavy atom. The number of methoxy groups -OCH3 is 1. The molecule has 1 fully saturated rings. The van der Waals surface area contributed by atoms with Crippen molar-refractivity contribution in [1.29, 1.82) is 0 Å². The summed E-state index contributed by atoms with van der Waals surface area (Å²) in [5.41, 5.74) is 12.1. The Kier molecular flexibility index (Phi) is 17.3. The normalized spacial score (nSPS) is 19.9. The predicted molar refractivity (Wildman–Crippen MR) is 329 cm³/mol. The summed E-state index contributed by atoms with van der Waals surface area (Å²) in [4.78, 5) is 100. The second-order valence-corrected chi connectivity index (χ2v) is 28.8. The SMILES string of the molecule is COc1cc([C@@H](OCc2cn([C@H]3C[C@H](O)[C@@H](COP(=O)(O)OP(=O)(O)OP(=O)(O)O)O3)c3nc(N)[nH]c(=O)c23)C(C)(C)C)c([N+](=O)[O-])cc1C#CCNC(=O)c1ccc(C(=O)O)c(C2=c3cc4c5c(c3Oc3c2cc2c6c3CCCN6CCC2)CCC[N+]=5CCC4)c1. The molecule has 0 aliphatic carbocycles. The van der Waals surface area contributed by atoms with Crippen LogP contribution in [0.25, 0.3) is 16.6 Å². The number of carboxylic acids is 1. The number of nitro benzene ring substituents is 1. The Morgan fingerprint density at radius 2 is 1.68 bits per heavy atom. The zero-order valence-electron chi connectivity index (χ0n) is 50.2. The molecular weight excluding hydrogens is 1260 g/mol. The molecule has 6 aliphatic rings. The molecule has 1 amide bonds. The molecule has 486 valence electrons. The van der Waals surface area contributed by atoms with Crippen LogP contribution in [0.2, 0.25) is 0 Å². The van der Waals surface area contributed by atoms with E-state index in [1.807, 2.05) is 0 Å². The number of carbonyl (C=O) groups excluding carboxylic acids is 1. The van der Waals surface area contributed by atoms with Crippen molar-refractivity contribution >= 4 is 69.3 Å². The average Bonchev–Trinajstić information content (AvgIpc) is 0.911. The number of nitro groups is 1. The van der Waals surface area contributed by atoms with E-state index >= 15 is 0 Å². The van der Waals surface area contributed by atoms with Gasteiger partial charge in [0.1, 0.15) is 42.7 Å². The first kappa shape index (κ1) is 64.5. The Morgan fingerprint density at radius 1 is 0.957 bits per heavy atom. The third kappa shape index (κ3) is 12.7. The summed E-state index contributed by atoms with van der Waals surface area (Å²) >= 11 is 0. The lowest BCUT2D eigenvalue weighted by molar-refractivity contribution is -0.386. The zero-order chi connectivity index (χ0) is 65.5. The first-order chi connectivity index (χ1) is 43.6. The molecule has 6 aliphatic heterocycles. The Hall–Kier alpha value is -7.64. The van der Waals surface area contributed by atoms with Crippen molar-refractivity contribution in [2.45, 2.75) is 110 Å². The molecule has 8 heterocycles. The molecule has 10 N–H and O–H groups in total. The van der Waals surface area contributed by atoms with E-state index in [4.69, 9.17) is 34.5 Å². The number of hydrogen-bond acceptors (Lipinski definition) is 19. The number of aromatic carboxylic acids is 1. The highest BCUT2D eigenvalue weighted by atomic mass is 31.3. The van der Waals surface area contributed by atoms with Crippen LogP contribution in [0.5, 0.6) is 17.2 Å². The third-order valence-corrected chi connectivity index (χ3v) is 21.0. The highest BCUT2D eigenvalue weighted by Crippen LogP contribution is 2.66. The number of aliphatic hydroxyl groups is 1. The molecule has 0 radical (unpaired) electrons. The number of hydrogen-bond donors (Lipinski definition) is 9. The summed E-state index contributed by atoms with van der Waals surface area (Å²) in [6, 6.07) is 11.5. The lowest BCUT2D eigenvalue weighted by Crippen LogP contribution is -2.45. The molecule has 0 bridgehead atoms. The number of nitrogens with two attached hydrogens (primary N) is 1. The molecule has 29 nitrogen and oxygen atoms in total. The van der Waals surface area contributed by atoms with Gasteiger partial charge < -0.3 is 69.3 Å². The number of phosphoric acid groups is 3. The van der Waals surface area contributed by atoms with E-state index in [0.29, 0.717) is 11.1 Å². The number of phosphoric ester groups is 1. The van der Waals surface area contributed by atoms with Gasteiger partial charge in [0.15, 0.2) is 5.65 Å². The Bertz CT molecular complexity index is 4520. The fraction of sp³-hybridized carbons (Fsp3) is 0.417. The van der Waals surface area contributed by atoms with Crippen molar-refractivity contribution < 1.29 is 90.1 Å². The van der Waals surface area contributed by atoms with Gasteiger partial charge in [0, 0.05) is 88.9 Å². The summed E-state index contributed by atoms with van der Waals surface area (Å²) in [5, 5.41) is 39.6. The molecule has 6 atom stereocenters. The van der Waals surface area contributed by atoms with E-state index in [1.165, 1.54) is 64.3 Å². The van der Waals surface area contributed by atoms with E-state index < -0.39 is 94.7 Å². The summed E-state index contributed by atoms with van der Waals surface area (Å²) in [7, 11) is -15.8. The number of aryl methyl sites for hydroxylation is 2. The number of H-pyrrole nitrogens is 1. The van der Waals surface area contributed by atoms with Gasteiger partial charge in [0.05, 0.1) is 71.6 Å². The van der Waals surface area contributed by atoms with E-state index in [-0.39, 0.29) is 63.5 Å². The summed E-state index contributed by atoms with van der Waals surface area (Å²) in [5.74, 6) is 5.35. The number of aliphatic hydroxyl groups excluding tert-OH is 1. The van der Waals surface area contributed by atoms with Gasteiger partial charge in [-0.2, -0.15) is 13.6 Å². The number of aromatic nitrogens is 3. The van der Waals surface area contributed by atoms with Gasteiger partial charge in [-0.15, -0.1) is 0 Å². The van der Waals surface area contributed by atoms with Crippen LogP contribution in [0.1, 0.15) is 136 Å². The maximum absolute atomic E-state index is 14.3. The fourth-order valence-corrected chi connectivity index (χ4v) is 16.6. The molecule has 6 aromatic rings. The van der Waals surface area contributed by atoms with Crippen LogP contribution < -0.4 is 46.1 Å². The number of ether oxygens (including phenoxy) is 4. The minimum atomic E-state index is -5.85. The number of amides is 1. The van der Waals surface area contributed by atoms with Crippen molar-refractivity contribution in [3.63, 3.8) is 0 Å². The highest BCUT2D eigenvalue weighted by molar-refractivity contribution is 7.66. The number of nitrogen functional groups attached to an aromatic ring is 1. The zero-order valence-corrected chi connectivity index (χ0v) is 52.9. The van der Waals surface area contributed by atoms with Gasteiger partial charge in [0.2, 0.25) is 11.3 Å². The molecule has 2 aromatic heterocycles. The number of carbonyl (C=O) groups is 2. The van der Waals surface area contributed by atoms with Crippen LogP contribution in [0, 0.1) is 27.4 Å². The minimum Gasteiger partial charge on any atom is -0.495 e. The second kappa shape index (κ2) is 24.7. The molecule has 2 unspecified atom stereocenters. The van der Waals surface area contributed by atoms with Crippen molar-refractivity contribution in [3.05, 3.63) is 141 Å². The van der Waals surface area contributed by atoms with Crippen LogP contribution in [0.4, 0.5) is 17.3 Å². The highest BCUT2D eigenvalue weighted by Gasteiger charge is 2.44. The predicted octanol–water partition coefficient (Wildman–Crippen LogP) is 5.43. The Labute approximate surface area is 524 Å². The van der Waals surface area contributed by atoms with Crippen molar-refractivity contribution in [2.24, 2.45) is 5.41 Å². The van der Waals surface area contributed by atoms with Gasteiger partial charge in [-0.25, -0.2) is 23.1 Å². The van der Waals surface area contributed by atoms with Crippen molar-refractivity contribution in [3.8, 4) is 29.1 Å². The van der Waals surface area contributed by atoms with Crippen LogP contribution in [0.3, 0.4) is 0 Å². The van der Waals surface area contributed by atoms with Crippen molar-refractivity contribution in [2.75, 3.05) is 57.1 Å². The lowest BCUT2D eigenvalue weighted by Gasteiger charge is -2.39. The lowest BCUT2D eigenvalue weighted by atomic mass is 9.81. The number of nitrogens with zero attached hydrogens (tertiary/aromatic N) is 5. The number of aromatic amines is 1. The fourth-order valence-electron chi connectivity index (χ4n) is 13.5. The standard InChI is InChI=1S/C60H65N8O21P3/c1-60(2,3)54(84-29-35-28-67(55-48(35)57(71)64-59(61)63-55)47-27-44(69)46(86-47)30-85-91(79,80)89-92(81,82)88-90(76,77)78)40-26-45(83-4)31(25-43(40)68(74)75)10-5-17-62-56(70)34-15-16-36(58(72)73)39(24-34)49-41-22-32-11-6-18-65-20-8-13-37(50(32)65)52(41)87-53-38-14-9-21-66-19-7-12-33(51(38)66)23-42(49)53/h15-16,22-26,28,44,46-47,54,69H,6-9,11-14,17-21,27,29-30H2,1-4H3,(H8-,61,62,63,64,70,71,72,73,76,77,78,79,80,81,82)/p+1/t44-,46+,47+,54+/m0/s1. The van der Waals surface area contributed by atoms with Gasteiger partial charge in [-0.05, 0) is 91.5 Å².